The van der Waals surface area contributed by atoms with E-state index in [0.717, 1.165) is 25.7 Å². The van der Waals surface area contributed by atoms with Crippen LogP contribution in [0.2, 0.25) is 0 Å². The summed E-state index contributed by atoms with van der Waals surface area (Å²) >= 11 is 0. The van der Waals surface area contributed by atoms with Crippen molar-refractivity contribution in [3.63, 3.8) is 0 Å². The first kappa shape index (κ1) is 14.6. The summed E-state index contributed by atoms with van der Waals surface area (Å²) in [5.41, 5.74) is 5.36. The monoisotopic (exact) mass is 282 g/mol. The van der Waals surface area contributed by atoms with E-state index >= 15 is 0 Å². The number of nitrogens with zero attached hydrogens (tertiary/aromatic N) is 2. The minimum atomic E-state index is -0.492. The lowest BCUT2D eigenvalue weighted by Gasteiger charge is -2.31. The van der Waals surface area contributed by atoms with Crippen LogP contribution in [0.5, 0.6) is 0 Å². The van der Waals surface area contributed by atoms with Gasteiger partial charge in [-0.05, 0) is 19.8 Å². The fraction of sp³-hybridized carbons (Fsp3) is 0.692. The topological polar surface area (TPSA) is 104 Å². The number of hydrogen-bond acceptors (Lipinski definition) is 5. The second-order valence-corrected chi connectivity index (χ2v) is 5.09. The van der Waals surface area contributed by atoms with E-state index in [4.69, 9.17) is 5.73 Å². The normalized spacial score (nSPS) is 15.7. The predicted octanol–water partition coefficient (Wildman–Crippen LogP) is -0.120. The largest absolute Gasteiger partial charge is 0.395 e. The quantitative estimate of drug-likeness (QED) is 0.698. The third-order valence-corrected chi connectivity index (χ3v) is 3.92. The first-order valence-corrected chi connectivity index (χ1v) is 7.10. The second-order valence-electron chi connectivity index (χ2n) is 5.09. The molecule has 1 fully saturated rings. The molecule has 0 radical (unpaired) electrons. The van der Waals surface area contributed by atoms with Gasteiger partial charge in [-0.1, -0.05) is 12.8 Å². The molecule has 112 valence electrons. The van der Waals surface area contributed by atoms with Crippen LogP contribution >= 0.6 is 0 Å². The molecule has 7 heteroatoms. The van der Waals surface area contributed by atoms with Crippen LogP contribution in [0, 0.1) is 0 Å². The highest BCUT2D eigenvalue weighted by Crippen LogP contribution is 2.28. The van der Waals surface area contributed by atoms with Crippen LogP contribution in [0.25, 0.3) is 0 Å². The Morgan fingerprint density at radius 3 is 2.60 bits per heavy atom. The van der Waals surface area contributed by atoms with Gasteiger partial charge in [0.05, 0.1) is 6.61 Å². The average Bonchev–Trinajstić information content (AvgIpc) is 2.91. The van der Waals surface area contributed by atoms with E-state index in [9.17, 15) is 14.7 Å². The van der Waals surface area contributed by atoms with Gasteiger partial charge in [0.1, 0.15) is 11.5 Å². The molecule has 4 N–H and O–H groups in total. The highest BCUT2D eigenvalue weighted by Gasteiger charge is 2.27. The summed E-state index contributed by atoms with van der Waals surface area (Å²) in [6.45, 7) is 2.48. The van der Waals surface area contributed by atoms with Gasteiger partial charge in [-0.2, -0.15) is 0 Å². The number of nitrogens with one attached hydrogen (secondary N) is 1. The van der Waals surface area contributed by atoms with Crippen LogP contribution in [0.1, 0.15) is 32.6 Å². The molecule has 1 aromatic heterocycles. The number of rotatable bonds is 5. The fourth-order valence-corrected chi connectivity index (χ4v) is 2.97. The summed E-state index contributed by atoms with van der Waals surface area (Å²) in [6, 6.07) is 0.202. The Hall–Kier alpha value is -1.76. The van der Waals surface area contributed by atoms with Crippen molar-refractivity contribution in [3.05, 3.63) is 20.8 Å². The molecular weight excluding hydrogens is 260 g/mol. The van der Waals surface area contributed by atoms with Gasteiger partial charge < -0.3 is 15.7 Å². The minimum absolute atomic E-state index is 0.0549. The molecule has 7 nitrogen and oxygen atoms in total. The molecule has 2 rings (SSSR count). The van der Waals surface area contributed by atoms with Gasteiger partial charge >= 0.3 is 5.69 Å². The number of nitrogens with two attached hydrogens (primary N) is 1. The van der Waals surface area contributed by atoms with Crippen molar-refractivity contribution in [2.75, 3.05) is 23.8 Å². The molecule has 1 aliphatic rings. The van der Waals surface area contributed by atoms with Crippen LogP contribution in [0.3, 0.4) is 0 Å². The van der Waals surface area contributed by atoms with E-state index in [0.29, 0.717) is 18.8 Å². The van der Waals surface area contributed by atoms with Crippen LogP contribution < -0.4 is 21.9 Å². The molecule has 0 atom stereocenters. The van der Waals surface area contributed by atoms with E-state index in [1.807, 2.05) is 4.90 Å². The fourth-order valence-electron chi connectivity index (χ4n) is 2.97. The average molecular weight is 282 g/mol. The molecule has 0 spiro atoms. The second kappa shape index (κ2) is 6.13. The molecule has 0 aliphatic heterocycles. The Morgan fingerprint density at radius 1 is 1.40 bits per heavy atom. The highest BCUT2D eigenvalue weighted by molar-refractivity contribution is 5.63. The maximum atomic E-state index is 12.1. The summed E-state index contributed by atoms with van der Waals surface area (Å²) in [6.07, 6.45) is 4.17. The molecule has 1 aliphatic carbocycles. The molecule has 1 aromatic rings. The summed E-state index contributed by atoms with van der Waals surface area (Å²) < 4.78 is 1.34. The summed E-state index contributed by atoms with van der Waals surface area (Å²) in [5.74, 6) is 0.182. The van der Waals surface area contributed by atoms with E-state index in [1.54, 1.807) is 6.92 Å². The van der Waals surface area contributed by atoms with Crippen molar-refractivity contribution in [1.82, 2.24) is 9.55 Å². The van der Waals surface area contributed by atoms with Crippen LogP contribution in [-0.2, 0) is 6.54 Å². The zero-order valence-electron chi connectivity index (χ0n) is 11.8. The third-order valence-electron chi connectivity index (χ3n) is 3.92. The van der Waals surface area contributed by atoms with Crippen molar-refractivity contribution in [2.45, 2.75) is 45.2 Å². The Bertz CT molecular complexity index is 572. The number of aliphatic hydroxyl groups is 1. The van der Waals surface area contributed by atoms with Crippen LogP contribution in [0.15, 0.2) is 9.59 Å². The van der Waals surface area contributed by atoms with Crippen molar-refractivity contribution in [2.24, 2.45) is 0 Å². The molecule has 0 unspecified atom stereocenters. The first-order chi connectivity index (χ1) is 9.60. The minimum Gasteiger partial charge on any atom is -0.395 e. The lowest BCUT2D eigenvalue weighted by atomic mass is 10.2. The van der Waals surface area contributed by atoms with Crippen molar-refractivity contribution in [1.29, 1.82) is 0 Å². The number of nitrogen functional groups attached to an aromatic ring is 1. The van der Waals surface area contributed by atoms with Crippen molar-refractivity contribution >= 4 is 11.5 Å². The molecule has 20 heavy (non-hydrogen) atoms. The van der Waals surface area contributed by atoms with Gasteiger partial charge in [-0.15, -0.1) is 0 Å². The molecule has 0 aromatic carbocycles. The van der Waals surface area contributed by atoms with Crippen molar-refractivity contribution < 1.29 is 5.11 Å². The zero-order valence-corrected chi connectivity index (χ0v) is 11.8. The van der Waals surface area contributed by atoms with Gasteiger partial charge in [0.25, 0.3) is 5.56 Å². The molecular formula is C13H22N4O3. The maximum absolute atomic E-state index is 12.1. The van der Waals surface area contributed by atoms with Gasteiger partial charge in [0, 0.05) is 19.1 Å². The van der Waals surface area contributed by atoms with Crippen LogP contribution in [-0.4, -0.2) is 33.9 Å². The molecule has 1 saturated carbocycles. The SMILES string of the molecule is CCn1c(N)c(N(CCO)C2CCCC2)c(=O)[nH]c1=O. The predicted molar refractivity (Wildman–Crippen MR) is 78.1 cm³/mol. The number of aromatic amines is 1. The van der Waals surface area contributed by atoms with Crippen LogP contribution in [0.4, 0.5) is 11.5 Å². The number of hydrogen-bond donors (Lipinski definition) is 3. The molecule has 1 heterocycles. The number of H-pyrrole nitrogens is 1. The van der Waals surface area contributed by atoms with Gasteiger partial charge in [-0.25, -0.2) is 4.79 Å². The smallest absolute Gasteiger partial charge is 0.330 e. The van der Waals surface area contributed by atoms with E-state index in [2.05, 4.69) is 4.98 Å². The first-order valence-electron chi connectivity index (χ1n) is 7.10. The number of aliphatic hydroxyl groups excluding tert-OH is 1. The molecule has 0 bridgehead atoms. The lowest BCUT2D eigenvalue weighted by molar-refractivity contribution is 0.297. The highest BCUT2D eigenvalue weighted by atomic mass is 16.3. The maximum Gasteiger partial charge on any atom is 0.330 e. The molecule has 0 saturated heterocycles. The van der Waals surface area contributed by atoms with Crippen molar-refractivity contribution in [3.8, 4) is 0 Å². The Kier molecular flexibility index (Phi) is 4.49. The van der Waals surface area contributed by atoms with Gasteiger partial charge in [-0.3, -0.25) is 14.3 Å². The number of aromatic nitrogens is 2. The number of anilines is 2. The van der Waals surface area contributed by atoms with E-state index in [-0.39, 0.29) is 18.5 Å². The Morgan fingerprint density at radius 2 is 2.05 bits per heavy atom. The Balaban J connectivity index is 2.52. The van der Waals surface area contributed by atoms with E-state index in [1.165, 1.54) is 4.57 Å². The van der Waals surface area contributed by atoms with E-state index < -0.39 is 11.2 Å². The third kappa shape index (κ3) is 2.58. The molecule has 0 amide bonds. The summed E-state index contributed by atoms with van der Waals surface area (Å²) in [7, 11) is 0. The lowest BCUT2D eigenvalue weighted by Crippen LogP contribution is -2.43. The van der Waals surface area contributed by atoms with Gasteiger partial charge in [0.2, 0.25) is 0 Å². The van der Waals surface area contributed by atoms with Gasteiger partial charge in [0.15, 0.2) is 0 Å². The summed E-state index contributed by atoms with van der Waals surface area (Å²) in [5, 5.41) is 9.26. The zero-order chi connectivity index (χ0) is 14.7. The Labute approximate surface area is 117 Å². The summed E-state index contributed by atoms with van der Waals surface area (Å²) in [4.78, 5) is 28.0. The standard InChI is InChI=1S/C13H22N4O3/c1-2-16-11(14)10(12(19)15-13(16)20)17(7-8-18)9-5-3-4-6-9/h9,18H,2-8,14H2,1H3,(H,15,19,20).